The van der Waals surface area contributed by atoms with E-state index in [0.717, 1.165) is 6.42 Å². The monoisotopic (exact) mass is 1590 g/mol. The van der Waals surface area contributed by atoms with Crippen molar-refractivity contribution in [1.82, 2.24) is 0 Å². The highest BCUT2D eigenvalue weighted by Gasteiger charge is 2.31. The van der Waals surface area contributed by atoms with Crippen LogP contribution in [0.3, 0.4) is 0 Å². The zero-order chi connectivity index (χ0) is 84.7. The zero-order valence-electron chi connectivity index (χ0n) is 78.5. The van der Waals surface area contributed by atoms with Gasteiger partial charge in [-0.05, 0) is 225 Å². The molecule has 602 valence electrons. The predicted molar refractivity (Wildman–Crippen MR) is 507 cm³/mol. The van der Waals surface area contributed by atoms with Crippen molar-refractivity contribution in [3.8, 4) is 56.3 Å². The summed E-state index contributed by atoms with van der Waals surface area (Å²) in [6.07, 6.45) is 15.0. The number of rotatable bonds is 16. The number of aromatic nitrogens is 5. The first-order valence-corrected chi connectivity index (χ1v) is 59.5. The second-order valence-corrected chi connectivity index (χ2v) is 65.4. The van der Waals surface area contributed by atoms with Crippen molar-refractivity contribution in [2.24, 2.45) is 41.2 Å². The summed E-state index contributed by atoms with van der Waals surface area (Å²) < 4.78 is 11.4. The van der Waals surface area contributed by atoms with Gasteiger partial charge in [0.05, 0.1) is 40.4 Å². The van der Waals surface area contributed by atoms with Crippen molar-refractivity contribution in [3.05, 3.63) is 236 Å². The molecule has 0 amide bonds. The van der Waals surface area contributed by atoms with E-state index in [9.17, 15) is 0 Å². The predicted octanol–water partition coefficient (Wildman–Crippen LogP) is 22.5. The molecule has 0 saturated heterocycles. The first-order chi connectivity index (χ1) is 51.5. The molecule has 5 nitrogen and oxygen atoms in total. The van der Waals surface area contributed by atoms with E-state index in [-0.39, 0.29) is 5.41 Å². The summed E-state index contributed by atoms with van der Waals surface area (Å²) in [5, 5.41) is 7.83. The molecule has 112 heavy (non-hydrogen) atoms. The molecule has 5 heterocycles. The van der Waals surface area contributed by atoms with E-state index in [1.54, 1.807) is 25.9 Å². The number of hydrogen-bond acceptors (Lipinski definition) is 0. The molecule has 0 bridgehead atoms. The molecule has 0 aliphatic carbocycles. The quantitative estimate of drug-likeness (QED) is 0.0679. The molecule has 0 aliphatic rings. The summed E-state index contributed by atoms with van der Waals surface area (Å²) >= 11 is 0. The summed E-state index contributed by atoms with van der Waals surface area (Å²) in [6.45, 7) is 81.4. The van der Waals surface area contributed by atoms with Crippen LogP contribution in [0.25, 0.3) is 56.3 Å². The van der Waals surface area contributed by atoms with Gasteiger partial charge in [0.1, 0.15) is 35.2 Å². The lowest BCUT2D eigenvalue weighted by Crippen LogP contribution is -2.44. The van der Waals surface area contributed by atoms with Crippen LogP contribution in [-0.2, 0) is 47.1 Å². The maximum atomic E-state index is 2.46. The zero-order valence-corrected chi connectivity index (χ0v) is 83.5. The minimum atomic E-state index is -1.35. The van der Waals surface area contributed by atoms with Crippen molar-refractivity contribution < 1.29 is 22.8 Å². The minimum absolute atomic E-state index is 0.174. The molecule has 0 unspecified atom stereocenters. The number of aryl methyl sites for hydroxylation is 16. The SMILES string of the molecule is CCC(CC)c1ccc(C)c(-c2cc([Si](C)(C)C)c(C)c[n+]2C)c1.Cc1cc(C(C)C)ccc1-c1cc([Si](C)(C)C)c(C)c[n+]1C.Cc1ccc(-c2cc([Si](C)(C)C)c(C)c[n+]2C)c(C)c1.Cc1ccc(C(C)(C)C)cc1-c1cc([Si](C)(C)C)c(C)c[n+]1C.Cc1ccc(CC(C)C)cc1-c1cc([Si](C)(C)C)c(C)c[n+]1C. The number of nitrogens with zero attached hydrogens (tertiary/aromatic N) is 5. The highest BCUT2D eigenvalue weighted by molar-refractivity contribution is 6.90. The molecule has 0 N–H and O–H groups in total. The van der Waals surface area contributed by atoms with Gasteiger partial charge in [0.2, 0.25) is 28.5 Å². The molecule has 10 aromatic rings. The highest BCUT2D eigenvalue weighted by atomic mass is 28.3. The fourth-order valence-corrected chi connectivity index (χ4v) is 25.6. The van der Waals surface area contributed by atoms with E-state index in [1.165, 1.54) is 153 Å². The lowest BCUT2D eigenvalue weighted by Gasteiger charge is -2.22. The highest BCUT2D eigenvalue weighted by Crippen LogP contribution is 2.33. The molecule has 5 aromatic carbocycles. The van der Waals surface area contributed by atoms with Crippen LogP contribution in [0.4, 0.5) is 0 Å². The average Bonchev–Trinajstić information content (AvgIpc) is 0.836. The first kappa shape index (κ1) is 93.8. The largest absolute Gasteiger partial charge is 0.212 e. The van der Waals surface area contributed by atoms with Crippen LogP contribution in [-0.4, -0.2) is 40.4 Å². The third kappa shape index (κ3) is 24.3. The number of hydrogen-bond donors (Lipinski definition) is 0. The summed E-state index contributed by atoms with van der Waals surface area (Å²) in [6, 6.07) is 46.8. The number of benzene rings is 5. The van der Waals surface area contributed by atoms with Gasteiger partial charge in [-0.15, -0.1) is 0 Å². The Kier molecular flexibility index (Phi) is 31.6. The minimum Gasteiger partial charge on any atom is -0.201 e. The summed E-state index contributed by atoms with van der Waals surface area (Å²) in [5.74, 6) is 1.93. The maximum absolute atomic E-state index is 2.46. The molecule has 5 aromatic heterocycles. The van der Waals surface area contributed by atoms with Gasteiger partial charge in [0.15, 0.2) is 31.0 Å². The van der Waals surface area contributed by atoms with Crippen molar-refractivity contribution in [2.45, 2.75) is 273 Å². The summed E-state index contributed by atoms with van der Waals surface area (Å²) in [5.41, 5.74) is 34.6. The van der Waals surface area contributed by atoms with Crippen molar-refractivity contribution in [2.75, 3.05) is 0 Å². The van der Waals surface area contributed by atoms with Crippen molar-refractivity contribution >= 4 is 66.3 Å². The fourth-order valence-electron chi connectivity index (χ4n) is 16.6. The van der Waals surface area contributed by atoms with Crippen molar-refractivity contribution in [1.29, 1.82) is 0 Å². The van der Waals surface area contributed by atoms with Crippen LogP contribution in [0.1, 0.15) is 170 Å². The molecule has 0 atom stereocenters. The average molecular weight is 1590 g/mol. The summed E-state index contributed by atoms with van der Waals surface area (Å²) in [7, 11) is 4.17. The molecule has 0 aliphatic heterocycles. The van der Waals surface area contributed by atoms with Crippen LogP contribution >= 0.6 is 0 Å². The first-order valence-electron chi connectivity index (χ1n) is 42.0. The van der Waals surface area contributed by atoms with Gasteiger partial charge in [0.25, 0.3) is 0 Å². The Balaban J connectivity index is 0.000000218. The van der Waals surface area contributed by atoms with Gasteiger partial charge in [-0.1, -0.05) is 227 Å². The Bertz CT molecular complexity index is 4950. The maximum Gasteiger partial charge on any atom is 0.212 e. The number of pyridine rings is 5. The standard InChI is InChI=1S/C22H34NSi.2C21H32NSi.C20H30NSi.C18H26NSi/c1-9-18(10-2)19-12-11-16(3)20(13-19)21-14-22(24(6,7)8)17(4)15-23(21)5;1-15-10-11-17(21(3,4)5)12-18(15)19-13-20(23(7,8)9)16(2)14-22(19)6;1-15(2)11-18-10-9-16(3)19(12-18)20-13-21(23(6,7)8)17(4)14-22(20)5;1-14(2)17-9-10-18(15(3)11-17)19-12-20(22(6,7)8)16(4)13-21(19)5;1-13-8-9-16(14(2)10-13)17-11-18(20(5,6)7)15(3)12-19(17)4/h11-15,18H,9-10H2,1-8H3;10-14H,1-9H3;9-10,12-15H,11H2,1-8H3;9-14H,1-8H3;8-12H,1-7H3/q5*+1. The van der Waals surface area contributed by atoms with E-state index in [4.69, 9.17) is 0 Å². The third-order valence-electron chi connectivity index (χ3n) is 22.9. The smallest absolute Gasteiger partial charge is 0.201 e. The van der Waals surface area contributed by atoms with Gasteiger partial charge < -0.3 is 0 Å². The lowest BCUT2D eigenvalue weighted by atomic mass is 9.85. The van der Waals surface area contributed by atoms with Gasteiger partial charge >= 0.3 is 0 Å². The molecule has 10 rings (SSSR count). The molecule has 0 radical (unpaired) electrons. The summed E-state index contributed by atoms with van der Waals surface area (Å²) in [4.78, 5) is 0. The Morgan fingerprint density at radius 3 is 0.893 bits per heavy atom. The van der Waals surface area contributed by atoms with Crippen LogP contribution in [0.2, 0.25) is 98.2 Å². The van der Waals surface area contributed by atoms with Gasteiger partial charge in [0, 0.05) is 86.0 Å². The van der Waals surface area contributed by atoms with Gasteiger partial charge in [-0.25, -0.2) is 22.8 Å². The Hall–Kier alpha value is -7.07. The van der Waals surface area contributed by atoms with Crippen LogP contribution in [0, 0.1) is 82.1 Å². The van der Waals surface area contributed by atoms with Gasteiger partial charge in [-0.3, -0.25) is 0 Å². The van der Waals surface area contributed by atoms with Crippen LogP contribution in [0.5, 0.6) is 0 Å². The van der Waals surface area contributed by atoms with Gasteiger partial charge in [-0.2, -0.15) is 0 Å². The lowest BCUT2D eigenvalue weighted by molar-refractivity contribution is -0.660. The van der Waals surface area contributed by atoms with Crippen LogP contribution < -0.4 is 48.8 Å². The molecular formula is C102H154N5Si5+5. The van der Waals surface area contributed by atoms with E-state index in [0.29, 0.717) is 17.8 Å². The molecule has 0 spiro atoms. The Morgan fingerprint density at radius 2 is 0.589 bits per heavy atom. The molecule has 0 fully saturated rings. The van der Waals surface area contributed by atoms with E-state index in [2.05, 4.69) is 447 Å². The molecule has 10 heteroatoms. The Morgan fingerprint density at radius 1 is 0.295 bits per heavy atom. The normalized spacial score (nSPS) is 12.1. The Labute approximate surface area is 690 Å². The van der Waals surface area contributed by atoms with Crippen LogP contribution in [0.15, 0.2) is 152 Å². The third-order valence-corrected chi connectivity index (χ3v) is 33.6. The molecular weight excluding hydrogens is 1440 g/mol. The van der Waals surface area contributed by atoms with E-state index in [1.807, 2.05) is 0 Å². The second kappa shape index (κ2) is 37.7. The fraction of sp³-hybridized carbons (Fsp3) is 0.461. The topological polar surface area (TPSA) is 19.4 Å². The molecule has 0 saturated carbocycles. The van der Waals surface area contributed by atoms with Crippen molar-refractivity contribution in [3.63, 3.8) is 0 Å². The second-order valence-electron chi connectivity index (χ2n) is 40.2. The van der Waals surface area contributed by atoms with E-state index >= 15 is 0 Å². The van der Waals surface area contributed by atoms with E-state index < -0.39 is 40.4 Å².